The number of nitrogens with one attached hydrogen (secondary N) is 1. The van der Waals surface area contributed by atoms with Crippen LogP contribution in [0.1, 0.15) is 28.4 Å². The van der Waals surface area contributed by atoms with Crippen molar-refractivity contribution in [3.63, 3.8) is 0 Å². The summed E-state index contributed by atoms with van der Waals surface area (Å²) in [6.45, 7) is 3.74. The summed E-state index contributed by atoms with van der Waals surface area (Å²) in [4.78, 5) is 49.5. The van der Waals surface area contributed by atoms with Crippen molar-refractivity contribution in [3.8, 4) is 11.3 Å². The average Bonchev–Trinajstić information content (AvgIpc) is 3.35. The maximum absolute atomic E-state index is 13.5. The molecule has 4 aromatic carbocycles. The molecule has 222 valence electrons. The molecule has 1 atom stereocenters. The maximum Gasteiger partial charge on any atom is 0.336 e. The average molecular weight is 613 g/mol. The number of anilines is 2. The van der Waals surface area contributed by atoms with E-state index in [2.05, 4.69) is 15.3 Å². The standard InChI is InChI=1S/C36H28N4O4S/c1-22-10-6-7-11-25(22)20-32-34(42)40(27-12-4-3-5-13-27)36(39-32)45-23(2)33(41)37-26-18-16-24(17-19-26)31-21-29(35(43)44)28-14-8-9-15-30(28)38-31/h3-21,23H,1-2H3,(H,37,41)(H,43,44)/b32-20-. The van der Waals surface area contributed by atoms with Crippen molar-refractivity contribution in [1.82, 2.24) is 4.98 Å². The van der Waals surface area contributed by atoms with Crippen LogP contribution in [0.4, 0.5) is 11.4 Å². The number of carbonyl (C=O) groups is 3. The third-order valence-electron chi connectivity index (χ3n) is 7.37. The molecule has 1 aliphatic heterocycles. The number of aromatic nitrogens is 1. The van der Waals surface area contributed by atoms with Crippen LogP contribution in [0.5, 0.6) is 0 Å². The summed E-state index contributed by atoms with van der Waals surface area (Å²) in [5.41, 5.74) is 5.46. The Bertz CT molecular complexity index is 2010. The largest absolute Gasteiger partial charge is 0.478 e. The van der Waals surface area contributed by atoms with Gasteiger partial charge in [-0.3, -0.25) is 14.5 Å². The number of aromatic carboxylic acids is 1. The van der Waals surface area contributed by atoms with Crippen LogP contribution in [0.25, 0.3) is 28.2 Å². The summed E-state index contributed by atoms with van der Waals surface area (Å²) in [6, 6.07) is 32.8. The lowest BCUT2D eigenvalue weighted by atomic mass is 10.0. The number of nitrogens with zero attached hydrogens (tertiary/aromatic N) is 3. The molecular formula is C36H28N4O4S. The number of aryl methyl sites for hydroxylation is 1. The summed E-state index contributed by atoms with van der Waals surface area (Å²) >= 11 is 1.20. The SMILES string of the molecule is Cc1ccccc1/C=C1\N=C(SC(C)C(=O)Nc2ccc(-c3cc(C(=O)O)c4ccccc4n3)cc2)N(c2ccccc2)C1=O. The summed E-state index contributed by atoms with van der Waals surface area (Å²) < 4.78 is 0. The van der Waals surface area contributed by atoms with Crippen LogP contribution in [0.15, 0.2) is 120 Å². The highest BCUT2D eigenvalue weighted by Crippen LogP contribution is 2.32. The Morgan fingerprint density at radius 1 is 0.911 bits per heavy atom. The van der Waals surface area contributed by atoms with Crippen molar-refractivity contribution in [1.29, 1.82) is 0 Å². The van der Waals surface area contributed by atoms with Crippen molar-refractivity contribution < 1.29 is 19.5 Å². The minimum atomic E-state index is -1.03. The summed E-state index contributed by atoms with van der Waals surface area (Å²) in [7, 11) is 0. The zero-order valence-corrected chi connectivity index (χ0v) is 25.3. The van der Waals surface area contributed by atoms with E-state index < -0.39 is 11.2 Å². The Balaban J connectivity index is 1.21. The molecule has 1 unspecified atom stereocenters. The predicted molar refractivity (Wildman–Crippen MR) is 180 cm³/mol. The van der Waals surface area contributed by atoms with Gasteiger partial charge in [0.15, 0.2) is 5.17 Å². The van der Waals surface area contributed by atoms with E-state index in [0.717, 1.165) is 11.1 Å². The number of amidine groups is 1. The molecule has 6 rings (SSSR count). The molecule has 0 saturated heterocycles. The molecule has 0 radical (unpaired) electrons. The lowest BCUT2D eigenvalue weighted by molar-refractivity contribution is -0.115. The van der Waals surface area contributed by atoms with E-state index in [1.54, 1.807) is 61.5 Å². The molecule has 0 saturated carbocycles. The molecule has 0 aliphatic carbocycles. The Morgan fingerprint density at radius 2 is 1.60 bits per heavy atom. The van der Waals surface area contributed by atoms with Crippen molar-refractivity contribution in [3.05, 3.63) is 132 Å². The van der Waals surface area contributed by atoms with Crippen molar-refractivity contribution in [2.75, 3.05) is 10.2 Å². The van der Waals surface area contributed by atoms with Gasteiger partial charge in [-0.15, -0.1) is 0 Å². The highest BCUT2D eigenvalue weighted by molar-refractivity contribution is 8.15. The van der Waals surface area contributed by atoms with Gasteiger partial charge in [0.05, 0.1) is 27.7 Å². The first-order valence-electron chi connectivity index (χ1n) is 14.2. The number of thioether (sulfide) groups is 1. The molecule has 1 aromatic heterocycles. The highest BCUT2D eigenvalue weighted by Gasteiger charge is 2.34. The van der Waals surface area contributed by atoms with E-state index in [1.807, 2.05) is 67.6 Å². The quantitative estimate of drug-likeness (QED) is 0.185. The molecule has 2 N–H and O–H groups in total. The van der Waals surface area contributed by atoms with Crippen LogP contribution in [-0.4, -0.2) is 38.3 Å². The van der Waals surface area contributed by atoms with Gasteiger partial charge in [-0.1, -0.05) is 84.6 Å². The van der Waals surface area contributed by atoms with Gasteiger partial charge in [-0.25, -0.2) is 14.8 Å². The van der Waals surface area contributed by atoms with E-state index >= 15 is 0 Å². The van der Waals surface area contributed by atoms with E-state index in [1.165, 1.54) is 16.7 Å². The fourth-order valence-electron chi connectivity index (χ4n) is 4.96. The number of hydrogen-bond acceptors (Lipinski definition) is 6. The number of para-hydroxylation sites is 2. The highest BCUT2D eigenvalue weighted by atomic mass is 32.2. The number of aliphatic imine (C=N–C) groups is 1. The van der Waals surface area contributed by atoms with Gasteiger partial charge in [-0.05, 0) is 67.4 Å². The number of carboxylic acids is 1. The normalized spacial score (nSPS) is 14.4. The summed E-state index contributed by atoms with van der Waals surface area (Å²) in [6.07, 6.45) is 1.78. The molecule has 2 amide bonds. The first kappa shape index (κ1) is 29.5. The topological polar surface area (TPSA) is 112 Å². The van der Waals surface area contributed by atoms with E-state index in [0.29, 0.717) is 44.4 Å². The lowest BCUT2D eigenvalue weighted by Gasteiger charge is -2.20. The fraction of sp³-hybridized carbons (Fsp3) is 0.0833. The number of rotatable bonds is 7. The molecule has 45 heavy (non-hydrogen) atoms. The molecule has 0 bridgehead atoms. The minimum Gasteiger partial charge on any atom is -0.478 e. The van der Waals surface area contributed by atoms with Crippen LogP contribution < -0.4 is 10.2 Å². The van der Waals surface area contributed by atoms with Gasteiger partial charge in [0.1, 0.15) is 5.70 Å². The van der Waals surface area contributed by atoms with Crippen molar-refractivity contribution >= 4 is 63.1 Å². The van der Waals surface area contributed by atoms with Gasteiger partial charge in [0, 0.05) is 16.6 Å². The third-order valence-corrected chi connectivity index (χ3v) is 8.42. The van der Waals surface area contributed by atoms with Crippen LogP contribution in [0, 0.1) is 6.92 Å². The molecule has 0 spiro atoms. The second kappa shape index (κ2) is 12.6. The number of amides is 2. The summed E-state index contributed by atoms with van der Waals surface area (Å²) in [5, 5.41) is 13.1. The van der Waals surface area contributed by atoms with Crippen LogP contribution in [0.3, 0.4) is 0 Å². The van der Waals surface area contributed by atoms with Crippen molar-refractivity contribution in [2.24, 2.45) is 4.99 Å². The van der Waals surface area contributed by atoms with Gasteiger partial charge in [-0.2, -0.15) is 0 Å². The predicted octanol–water partition coefficient (Wildman–Crippen LogP) is 7.41. The van der Waals surface area contributed by atoms with Gasteiger partial charge in [0.2, 0.25) is 5.91 Å². The lowest BCUT2D eigenvalue weighted by Crippen LogP contribution is -2.33. The molecule has 8 nitrogen and oxygen atoms in total. The number of carbonyl (C=O) groups excluding carboxylic acids is 2. The number of carboxylic acid groups (broad SMARTS) is 1. The zero-order chi connectivity index (χ0) is 31.5. The maximum atomic E-state index is 13.5. The van der Waals surface area contributed by atoms with E-state index in [-0.39, 0.29) is 17.4 Å². The van der Waals surface area contributed by atoms with Gasteiger partial charge in [0.25, 0.3) is 5.91 Å². The third kappa shape index (κ3) is 6.25. The monoisotopic (exact) mass is 612 g/mol. The van der Waals surface area contributed by atoms with E-state index in [9.17, 15) is 19.5 Å². The zero-order valence-electron chi connectivity index (χ0n) is 24.5. The molecule has 9 heteroatoms. The molecular weight excluding hydrogens is 584 g/mol. The van der Waals surface area contributed by atoms with Gasteiger partial charge < -0.3 is 10.4 Å². The summed E-state index contributed by atoms with van der Waals surface area (Å²) in [5.74, 6) is -1.55. The van der Waals surface area contributed by atoms with Crippen molar-refractivity contribution in [2.45, 2.75) is 19.1 Å². The Kier molecular flexibility index (Phi) is 8.26. The fourth-order valence-corrected chi connectivity index (χ4v) is 5.88. The first-order chi connectivity index (χ1) is 21.8. The van der Waals surface area contributed by atoms with E-state index in [4.69, 9.17) is 0 Å². The number of benzene rings is 4. The van der Waals surface area contributed by atoms with Crippen LogP contribution in [-0.2, 0) is 9.59 Å². The van der Waals surface area contributed by atoms with Gasteiger partial charge >= 0.3 is 5.97 Å². The second-order valence-electron chi connectivity index (χ2n) is 10.5. The number of fused-ring (bicyclic) bond motifs is 1. The molecule has 2 heterocycles. The number of hydrogen-bond donors (Lipinski definition) is 2. The Morgan fingerprint density at radius 3 is 2.33 bits per heavy atom. The van der Waals surface area contributed by atoms with Crippen LogP contribution in [0.2, 0.25) is 0 Å². The second-order valence-corrected chi connectivity index (χ2v) is 11.8. The Hall–Kier alpha value is -5.54. The molecule has 1 aliphatic rings. The Labute approximate surface area is 264 Å². The first-order valence-corrected chi connectivity index (χ1v) is 15.1. The number of pyridine rings is 1. The minimum absolute atomic E-state index is 0.175. The molecule has 0 fully saturated rings. The van der Waals surface area contributed by atoms with Crippen LogP contribution >= 0.6 is 11.8 Å². The molecule has 5 aromatic rings. The smallest absolute Gasteiger partial charge is 0.336 e.